The van der Waals surface area contributed by atoms with E-state index in [1.807, 2.05) is 12.1 Å². The fraction of sp³-hybridized carbons (Fsp3) is 0.538. The Labute approximate surface area is 108 Å². The molecule has 0 spiro atoms. The van der Waals surface area contributed by atoms with E-state index in [-0.39, 0.29) is 10.6 Å². The molecular formula is C13H20N2O3. The Morgan fingerprint density at radius 2 is 1.94 bits per heavy atom. The molecule has 5 heteroatoms. The summed E-state index contributed by atoms with van der Waals surface area (Å²) in [6.07, 6.45) is 1.93. The highest BCUT2D eigenvalue weighted by Crippen LogP contribution is 2.12. The van der Waals surface area contributed by atoms with E-state index in [2.05, 4.69) is 11.9 Å². The van der Waals surface area contributed by atoms with Crippen molar-refractivity contribution in [3.8, 4) is 0 Å². The maximum Gasteiger partial charge on any atom is 0.269 e. The van der Waals surface area contributed by atoms with Crippen molar-refractivity contribution in [1.82, 2.24) is 4.90 Å². The Hall–Kier alpha value is -1.46. The second kappa shape index (κ2) is 7.79. The van der Waals surface area contributed by atoms with E-state index in [9.17, 15) is 10.1 Å². The van der Waals surface area contributed by atoms with Gasteiger partial charge in [-0.1, -0.05) is 12.1 Å². The number of ether oxygens (including phenoxy) is 1. The van der Waals surface area contributed by atoms with E-state index in [0.717, 1.165) is 38.1 Å². The van der Waals surface area contributed by atoms with Crippen LogP contribution in [0.3, 0.4) is 0 Å². The van der Waals surface area contributed by atoms with Crippen LogP contribution in [0.4, 0.5) is 5.69 Å². The summed E-state index contributed by atoms with van der Waals surface area (Å²) >= 11 is 0. The van der Waals surface area contributed by atoms with Crippen LogP contribution >= 0.6 is 0 Å². The van der Waals surface area contributed by atoms with Gasteiger partial charge in [-0.25, -0.2) is 0 Å². The van der Waals surface area contributed by atoms with E-state index in [0.29, 0.717) is 0 Å². The number of non-ortho nitro benzene ring substituents is 1. The van der Waals surface area contributed by atoms with Crippen LogP contribution in [0.5, 0.6) is 0 Å². The lowest BCUT2D eigenvalue weighted by Crippen LogP contribution is -2.23. The molecule has 0 fully saturated rings. The van der Waals surface area contributed by atoms with Gasteiger partial charge in [0.15, 0.2) is 0 Å². The molecule has 100 valence electrons. The quantitative estimate of drug-likeness (QED) is 0.404. The van der Waals surface area contributed by atoms with Crippen LogP contribution in [-0.4, -0.2) is 43.7 Å². The van der Waals surface area contributed by atoms with Gasteiger partial charge in [0.2, 0.25) is 0 Å². The van der Waals surface area contributed by atoms with Gasteiger partial charge in [0, 0.05) is 38.9 Å². The molecule has 0 aliphatic rings. The highest BCUT2D eigenvalue weighted by Gasteiger charge is 2.04. The normalized spacial score (nSPS) is 10.8. The summed E-state index contributed by atoms with van der Waals surface area (Å²) in [6, 6.07) is 6.75. The maximum atomic E-state index is 10.5. The largest absolute Gasteiger partial charge is 0.385 e. The zero-order valence-electron chi connectivity index (χ0n) is 11.0. The van der Waals surface area contributed by atoms with Crippen molar-refractivity contribution in [2.24, 2.45) is 0 Å². The third-order valence-corrected chi connectivity index (χ3v) is 2.82. The smallest absolute Gasteiger partial charge is 0.269 e. The van der Waals surface area contributed by atoms with Gasteiger partial charge in [-0.3, -0.25) is 10.1 Å². The first kappa shape index (κ1) is 14.6. The summed E-state index contributed by atoms with van der Waals surface area (Å²) in [5.74, 6) is 0. The first-order valence-electron chi connectivity index (χ1n) is 6.04. The van der Waals surface area contributed by atoms with Crippen molar-refractivity contribution >= 4 is 5.69 Å². The van der Waals surface area contributed by atoms with Gasteiger partial charge in [-0.05, 0) is 25.5 Å². The molecule has 5 nitrogen and oxygen atoms in total. The molecule has 0 aromatic heterocycles. The van der Waals surface area contributed by atoms with E-state index in [1.54, 1.807) is 19.2 Å². The molecule has 1 aromatic carbocycles. The highest BCUT2D eigenvalue weighted by atomic mass is 16.6. The van der Waals surface area contributed by atoms with Crippen LogP contribution in [0.1, 0.15) is 12.0 Å². The predicted octanol–water partition coefficient (Wildman–Crippen LogP) is 2.11. The van der Waals surface area contributed by atoms with E-state index < -0.39 is 0 Å². The second-order valence-electron chi connectivity index (χ2n) is 4.32. The fourth-order valence-electron chi connectivity index (χ4n) is 1.69. The lowest BCUT2D eigenvalue weighted by molar-refractivity contribution is -0.384. The van der Waals surface area contributed by atoms with Crippen LogP contribution in [-0.2, 0) is 11.2 Å². The van der Waals surface area contributed by atoms with Gasteiger partial charge in [0.05, 0.1) is 4.92 Å². The van der Waals surface area contributed by atoms with E-state index in [1.165, 1.54) is 0 Å². The van der Waals surface area contributed by atoms with Gasteiger partial charge in [0.1, 0.15) is 0 Å². The fourth-order valence-corrected chi connectivity index (χ4v) is 1.69. The average molecular weight is 252 g/mol. The Kier molecular flexibility index (Phi) is 6.32. The third-order valence-electron chi connectivity index (χ3n) is 2.82. The summed E-state index contributed by atoms with van der Waals surface area (Å²) in [6.45, 7) is 2.73. The average Bonchev–Trinajstić information content (AvgIpc) is 2.37. The first-order chi connectivity index (χ1) is 8.63. The number of likely N-dealkylation sites (N-methyl/N-ethyl adjacent to an activating group) is 1. The number of hydrogen-bond donors (Lipinski definition) is 0. The molecule has 0 amide bonds. The number of nitro benzene ring substituents is 1. The Morgan fingerprint density at radius 1 is 1.28 bits per heavy atom. The zero-order valence-corrected chi connectivity index (χ0v) is 11.0. The number of rotatable bonds is 8. The van der Waals surface area contributed by atoms with Gasteiger partial charge >= 0.3 is 0 Å². The summed E-state index contributed by atoms with van der Waals surface area (Å²) in [5, 5.41) is 10.5. The van der Waals surface area contributed by atoms with Crippen LogP contribution in [0.2, 0.25) is 0 Å². The molecule has 1 aromatic rings. The van der Waals surface area contributed by atoms with Gasteiger partial charge < -0.3 is 9.64 Å². The zero-order chi connectivity index (χ0) is 13.4. The highest BCUT2D eigenvalue weighted by molar-refractivity contribution is 5.32. The first-order valence-corrected chi connectivity index (χ1v) is 6.04. The Morgan fingerprint density at radius 3 is 2.50 bits per heavy atom. The van der Waals surface area contributed by atoms with Gasteiger partial charge in [-0.2, -0.15) is 0 Å². The minimum atomic E-state index is -0.374. The molecule has 0 aliphatic carbocycles. The molecule has 18 heavy (non-hydrogen) atoms. The van der Waals surface area contributed by atoms with E-state index >= 15 is 0 Å². The van der Waals surface area contributed by atoms with Crippen LogP contribution < -0.4 is 0 Å². The molecular weight excluding hydrogens is 232 g/mol. The van der Waals surface area contributed by atoms with Gasteiger partial charge in [0.25, 0.3) is 5.69 Å². The van der Waals surface area contributed by atoms with Crippen molar-refractivity contribution in [3.63, 3.8) is 0 Å². The number of nitro groups is 1. The molecule has 0 heterocycles. The number of nitrogens with zero attached hydrogens (tertiary/aromatic N) is 2. The van der Waals surface area contributed by atoms with Crippen molar-refractivity contribution in [3.05, 3.63) is 39.9 Å². The lowest BCUT2D eigenvalue weighted by Gasteiger charge is -2.16. The SMILES string of the molecule is COCCCN(C)CCc1ccc([N+](=O)[O-])cc1. The molecule has 0 saturated heterocycles. The molecule has 0 bridgehead atoms. The van der Waals surface area contributed by atoms with E-state index in [4.69, 9.17) is 4.74 Å². The predicted molar refractivity (Wildman–Crippen MR) is 70.8 cm³/mol. The minimum absolute atomic E-state index is 0.146. The van der Waals surface area contributed by atoms with Crippen LogP contribution in [0, 0.1) is 10.1 Å². The standard InChI is InChI=1S/C13H20N2O3/c1-14(9-3-11-18-2)10-8-12-4-6-13(7-5-12)15(16)17/h4-7H,3,8-11H2,1-2H3. The monoisotopic (exact) mass is 252 g/mol. The number of hydrogen-bond acceptors (Lipinski definition) is 4. The van der Waals surface area contributed by atoms with Crippen molar-refractivity contribution < 1.29 is 9.66 Å². The summed E-state index contributed by atoms with van der Waals surface area (Å²) in [7, 11) is 3.78. The number of benzene rings is 1. The Bertz CT molecular complexity index is 365. The molecule has 0 N–H and O–H groups in total. The topological polar surface area (TPSA) is 55.6 Å². The lowest BCUT2D eigenvalue weighted by atomic mass is 10.1. The van der Waals surface area contributed by atoms with Gasteiger partial charge in [-0.15, -0.1) is 0 Å². The second-order valence-corrected chi connectivity index (χ2v) is 4.32. The molecule has 0 saturated carbocycles. The number of methoxy groups -OCH3 is 1. The van der Waals surface area contributed by atoms with Crippen molar-refractivity contribution in [2.45, 2.75) is 12.8 Å². The van der Waals surface area contributed by atoms with Crippen LogP contribution in [0.25, 0.3) is 0 Å². The molecule has 0 unspecified atom stereocenters. The van der Waals surface area contributed by atoms with Crippen LogP contribution in [0.15, 0.2) is 24.3 Å². The maximum absolute atomic E-state index is 10.5. The molecule has 0 aliphatic heterocycles. The Balaban J connectivity index is 2.32. The molecule has 1 rings (SSSR count). The van der Waals surface area contributed by atoms with Crippen molar-refractivity contribution in [2.75, 3.05) is 33.9 Å². The minimum Gasteiger partial charge on any atom is -0.385 e. The van der Waals surface area contributed by atoms with Crippen molar-refractivity contribution in [1.29, 1.82) is 0 Å². The summed E-state index contributed by atoms with van der Waals surface area (Å²) in [5.41, 5.74) is 1.27. The molecule has 0 atom stereocenters. The third kappa shape index (κ3) is 5.25. The summed E-state index contributed by atoms with van der Waals surface area (Å²) < 4.78 is 5.00. The molecule has 0 radical (unpaired) electrons. The summed E-state index contributed by atoms with van der Waals surface area (Å²) in [4.78, 5) is 12.4.